The van der Waals surface area contributed by atoms with Gasteiger partial charge in [-0.3, -0.25) is 9.69 Å². The molecule has 0 N–H and O–H groups in total. The molecule has 6 heteroatoms. The summed E-state index contributed by atoms with van der Waals surface area (Å²) in [6.45, 7) is 0.702. The lowest BCUT2D eigenvalue weighted by Crippen LogP contribution is -2.45. The van der Waals surface area contributed by atoms with Gasteiger partial charge in [0, 0.05) is 5.69 Å². The Hall–Kier alpha value is -1.82. The molecule has 1 saturated heterocycles. The number of amides is 1. The second kappa shape index (κ2) is 6.00. The van der Waals surface area contributed by atoms with E-state index in [1.165, 1.54) is 19.3 Å². The van der Waals surface area contributed by atoms with Gasteiger partial charge in [-0.05, 0) is 30.5 Å². The van der Waals surface area contributed by atoms with Gasteiger partial charge in [0.2, 0.25) is 5.91 Å². The molecule has 1 aliphatic carbocycles. The van der Waals surface area contributed by atoms with Gasteiger partial charge in [-0.1, -0.05) is 31.4 Å². The van der Waals surface area contributed by atoms with Crippen LogP contribution in [0.3, 0.4) is 0 Å². The molecule has 1 aromatic heterocycles. The first-order valence-electron chi connectivity index (χ1n) is 8.15. The number of hydrogen-bond donors (Lipinski definition) is 0. The lowest BCUT2D eigenvalue weighted by molar-refractivity contribution is -0.116. The minimum atomic E-state index is 0.00273. The van der Waals surface area contributed by atoms with Crippen molar-refractivity contribution in [2.45, 2.75) is 43.5 Å². The van der Waals surface area contributed by atoms with Gasteiger partial charge in [0.25, 0.3) is 0 Å². The Kier molecular flexibility index (Phi) is 3.85. The Balaban J connectivity index is 1.57. The zero-order valence-corrected chi connectivity index (χ0v) is 13.8. The Morgan fingerprint density at radius 1 is 1.13 bits per heavy atom. The van der Waals surface area contributed by atoms with E-state index in [4.69, 9.17) is 0 Å². The highest BCUT2D eigenvalue weighted by atomic mass is 32.2. The van der Waals surface area contributed by atoms with E-state index in [2.05, 4.69) is 39.2 Å². The standard InChI is InChI=1S/C17H20N4OS/c22-16-11-23-17(8-2-1-3-9-17)21(16)15-6-4-14(5-7-15)10-20-13-18-12-19-20/h4-7,12-13H,1-3,8-11H2. The number of anilines is 1. The highest BCUT2D eigenvalue weighted by Gasteiger charge is 2.47. The van der Waals surface area contributed by atoms with Gasteiger partial charge in [0.1, 0.15) is 12.7 Å². The van der Waals surface area contributed by atoms with E-state index in [-0.39, 0.29) is 10.8 Å². The summed E-state index contributed by atoms with van der Waals surface area (Å²) in [5.41, 5.74) is 2.19. The highest BCUT2D eigenvalue weighted by molar-refractivity contribution is 8.02. The fraction of sp³-hybridized carbons (Fsp3) is 0.471. The Labute approximate surface area is 140 Å². The predicted octanol–water partition coefficient (Wildman–Crippen LogP) is 3.07. The monoisotopic (exact) mass is 328 g/mol. The molecular weight excluding hydrogens is 308 g/mol. The normalized spacial score (nSPS) is 20.3. The van der Waals surface area contributed by atoms with Crippen LogP contribution in [0.1, 0.15) is 37.7 Å². The van der Waals surface area contributed by atoms with Gasteiger partial charge in [-0.2, -0.15) is 5.10 Å². The molecular formula is C17H20N4OS. The van der Waals surface area contributed by atoms with Crippen LogP contribution < -0.4 is 4.90 Å². The molecule has 0 unspecified atom stereocenters. The Bertz CT molecular complexity index is 677. The van der Waals surface area contributed by atoms with E-state index < -0.39 is 0 Å². The molecule has 0 radical (unpaired) electrons. The largest absolute Gasteiger partial charge is 0.297 e. The molecule has 5 nitrogen and oxygen atoms in total. The topological polar surface area (TPSA) is 51.0 Å². The number of hydrogen-bond acceptors (Lipinski definition) is 4. The zero-order valence-electron chi connectivity index (χ0n) is 13.0. The lowest BCUT2D eigenvalue weighted by atomic mass is 9.93. The van der Waals surface area contributed by atoms with E-state index in [0.717, 1.165) is 24.1 Å². The van der Waals surface area contributed by atoms with Crippen molar-refractivity contribution in [3.8, 4) is 0 Å². The number of benzene rings is 1. The van der Waals surface area contributed by atoms with Crippen molar-refractivity contribution in [3.63, 3.8) is 0 Å². The van der Waals surface area contributed by atoms with E-state index in [9.17, 15) is 4.79 Å². The Morgan fingerprint density at radius 3 is 2.61 bits per heavy atom. The minimum Gasteiger partial charge on any atom is -0.297 e. The molecule has 4 rings (SSSR count). The number of nitrogens with zero attached hydrogens (tertiary/aromatic N) is 4. The molecule has 1 amide bonds. The molecule has 120 valence electrons. The van der Waals surface area contributed by atoms with Gasteiger partial charge in [0.05, 0.1) is 17.2 Å². The molecule has 2 aromatic rings. The maximum atomic E-state index is 12.5. The molecule has 2 aliphatic rings. The molecule has 0 bridgehead atoms. The van der Waals surface area contributed by atoms with Gasteiger partial charge in [0.15, 0.2) is 0 Å². The fourth-order valence-electron chi connectivity index (χ4n) is 3.66. The molecule has 1 spiro atoms. The van der Waals surface area contributed by atoms with Gasteiger partial charge < -0.3 is 0 Å². The second-order valence-electron chi connectivity index (χ2n) is 6.28. The van der Waals surface area contributed by atoms with E-state index in [1.54, 1.807) is 17.3 Å². The third-order valence-electron chi connectivity index (χ3n) is 4.76. The van der Waals surface area contributed by atoms with Crippen LogP contribution in [-0.4, -0.2) is 31.3 Å². The van der Waals surface area contributed by atoms with Crippen molar-refractivity contribution < 1.29 is 4.79 Å². The quantitative estimate of drug-likeness (QED) is 0.869. The van der Waals surface area contributed by atoms with Crippen LogP contribution in [0.25, 0.3) is 0 Å². The summed E-state index contributed by atoms with van der Waals surface area (Å²) < 4.78 is 1.80. The number of carbonyl (C=O) groups is 1. The summed E-state index contributed by atoms with van der Waals surface area (Å²) in [5.74, 6) is 0.863. The molecule has 1 aromatic carbocycles. The molecule has 1 saturated carbocycles. The van der Waals surface area contributed by atoms with Crippen LogP contribution in [0.2, 0.25) is 0 Å². The highest BCUT2D eigenvalue weighted by Crippen LogP contribution is 2.48. The zero-order chi connectivity index (χ0) is 15.7. The van der Waals surface area contributed by atoms with Crippen LogP contribution in [0.5, 0.6) is 0 Å². The van der Waals surface area contributed by atoms with Crippen LogP contribution in [0, 0.1) is 0 Å². The minimum absolute atomic E-state index is 0.00273. The van der Waals surface area contributed by atoms with Crippen molar-refractivity contribution in [1.29, 1.82) is 0 Å². The van der Waals surface area contributed by atoms with Gasteiger partial charge in [-0.25, -0.2) is 9.67 Å². The summed E-state index contributed by atoms with van der Waals surface area (Å²) in [6.07, 6.45) is 9.23. The first-order chi connectivity index (χ1) is 11.3. The molecule has 2 fully saturated rings. The number of aromatic nitrogens is 3. The maximum absolute atomic E-state index is 12.5. The molecule has 0 atom stereocenters. The van der Waals surface area contributed by atoms with Crippen molar-refractivity contribution in [1.82, 2.24) is 14.8 Å². The van der Waals surface area contributed by atoms with E-state index >= 15 is 0 Å². The molecule has 1 aliphatic heterocycles. The van der Waals surface area contributed by atoms with Crippen LogP contribution in [-0.2, 0) is 11.3 Å². The van der Waals surface area contributed by atoms with Crippen molar-refractivity contribution >= 4 is 23.4 Å². The summed E-state index contributed by atoms with van der Waals surface area (Å²) in [6, 6.07) is 8.33. The van der Waals surface area contributed by atoms with Gasteiger partial charge in [-0.15, -0.1) is 11.8 Å². The SMILES string of the molecule is O=C1CSC2(CCCCC2)N1c1ccc(Cn2cncn2)cc1. The first kappa shape index (κ1) is 14.8. The lowest BCUT2D eigenvalue weighted by Gasteiger charge is -2.40. The van der Waals surface area contributed by atoms with Gasteiger partial charge >= 0.3 is 0 Å². The van der Waals surface area contributed by atoms with Crippen molar-refractivity contribution in [2.24, 2.45) is 0 Å². The molecule has 23 heavy (non-hydrogen) atoms. The van der Waals surface area contributed by atoms with Crippen molar-refractivity contribution in [2.75, 3.05) is 10.7 Å². The average Bonchev–Trinajstić information content (AvgIpc) is 3.19. The third kappa shape index (κ3) is 2.76. The molecule has 2 heterocycles. The number of rotatable bonds is 3. The summed E-state index contributed by atoms with van der Waals surface area (Å²) >= 11 is 1.84. The fourth-order valence-corrected chi connectivity index (χ4v) is 5.09. The van der Waals surface area contributed by atoms with Crippen molar-refractivity contribution in [3.05, 3.63) is 42.5 Å². The predicted molar refractivity (Wildman–Crippen MR) is 91.3 cm³/mol. The Morgan fingerprint density at radius 2 is 1.91 bits per heavy atom. The third-order valence-corrected chi connectivity index (χ3v) is 6.28. The second-order valence-corrected chi connectivity index (χ2v) is 7.62. The number of thioether (sulfide) groups is 1. The van der Waals surface area contributed by atoms with Crippen LogP contribution in [0.15, 0.2) is 36.9 Å². The van der Waals surface area contributed by atoms with E-state index in [1.807, 2.05) is 11.8 Å². The maximum Gasteiger partial charge on any atom is 0.238 e. The van der Waals surface area contributed by atoms with Crippen LogP contribution in [0.4, 0.5) is 5.69 Å². The number of carbonyl (C=O) groups excluding carboxylic acids is 1. The average molecular weight is 328 g/mol. The van der Waals surface area contributed by atoms with E-state index in [0.29, 0.717) is 12.3 Å². The summed E-state index contributed by atoms with van der Waals surface area (Å²) in [7, 11) is 0. The first-order valence-corrected chi connectivity index (χ1v) is 9.14. The summed E-state index contributed by atoms with van der Waals surface area (Å²) in [5, 5.41) is 4.13. The van der Waals surface area contributed by atoms with Crippen LogP contribution >= 0.6 is 11.8 Å². The smallest absolute Gasteiger partial charge is 0.238 e. The summed E-state index contributed by atoms with van der Waals surface area (Å²) in [4.78, 5) is 18.5.